The molecule has 4 N–H and O–H groups in total. The molecule has 0 bridgehead atoms. The summed E-state index contributed by atoms with van der Waals surface area (Å²) in [5.74, 6) is 0.453. The molecule has 0 fully saturated rings. The number of hydrogen-bond donors (Lipinski definition) is 3. The van der Waals surface area contributed by atoms with Gasteiger partial charge in [-0.1, -0.05) is 12.1 Å². The van der Waals surface area contributed by atoms with Gasteiger partial charge in [-0.05, 0) is 26.0 Å². The quantitative estimate of drug-likeness (QED) is 0.646. The molecule has 21 heavy (non-hydrogen) atoms. The van der Waals surface area contributed by atoms with E-state index in [0.29, 0.717) is 17.2 Å². The Morgan fingerprint density at radius 2 is 2.19 bits per heavy atom. The topological polar surface area (TPSA) is 88.7 Å². The number of carbonyl (C=O) groups is 1. The monoisotopic (exact) mass is 283 g/mol. The number of nitrogen functional groups attached to an aromatic ring is 1. The van der Waals surface area contributed by atoms with Gasteiger partial charge in [0.25, 0.3) is 5.91 Å². The summed E-state index contributed by atoms with van der Waals surface area (Å²) in [6, 6.07) is 9.31. The third-order valence-electron chi connectivity index (χ3n) is 3.33. The number of nitrogens with zero attached hydrogens (tertiary/aromatic N) is 2. The van der Waals surface area contributed by atoms with E-state index in [2.05, 4.69) is 15.4 Å². The number of benzene rings is 1. The summed E-state index contributed by atoms with van der Waals surface area (Å²) in [5.41, 5.74) is 7.77. The smallest absolute Gasteiger partial charge is 0.273 e. The predicted octanol–water partition coefficient (Wildman–Crippen LogP) is 2.78. The second kappa shape index (κ2) is 4.97. The molecule has 0 aliphatic heterocycles. The van der Waals surface area contributed by atoms with Gasteiger partial charge in [0.05, 0.1) is 17.4 Å². The number of fused-ring (bicyclic) bond motifs is 1. The van der Waals surface area contributed by atoms with E-state index < -0.39 is 0 Å². The fraction of sp³-hybridized carbons (Fsp3) is 0.200. The Morgan fingerprint density at radius 1 is 1.38 bits per heavy atom. The van der Waals surface area contributed by atoms with Crippen LogP contribution in [-0.2, 0) is 0 Å². The lowest BCUT2D eigenvalue weighted by Crippen LogP contribution is -2.17. The molecule has 1 amide bonds. The van der Waals surface area contributed by atoms with Gasteiger partial charge in [-0.15, -0.1) is 0 Å². The van der Waals surface area contributed by atoms with Crippen LogP contribution in [0.15, 0.2) is 36.5 Å². The first-order valence-corrected chi connectivity index (χ1v) is 6.78. The first-order chi connectivity index (χ1) is 10.1. The normalized spacial score (nSPS) is 11.2. The number of aromatic nitrogens is 3. The van der Waals surface area contributed by atoms with Crippen molar-refractivity contribution in [2.75, 3.05) is 11.1 Å². The van der Waals surface area contributed by atoms with Crippen LogP contribution in [0.25, 0.3) is 10.9 Å². The molecule has 0 atom stereocenters. The summed E-state index contributed by atoms with van der Waals surface area (Å²) in [4.78, 5) is 15.4. The Bertz CT molecular complexity index is 799. The Kier molecular flexibility index (Phi) is 3.13. The number of para-hydroxylation sites is 1. The second-order valence-electron chi connectivity index (χ2n) is 5.20. The molecule has 0 saturated heterocycles. The molecular weight excluding hydrogens is 266 g/mol. The van der Waals surface area contributed by atoms with Crippen molar-refractivity contribution in [3.8, 4) is 0 Å². The lowest BCUT2D eigenvalue weighted by molar-refractivity contribution is 0.102. The molecule has 108 valence electrons. The third kappa shape index (κ3) is 2.35. The number of carbonyl (C=O) groups excluding carboxylic acids is 1. The van der Waals surface area contributed by atoms with Gasteiger partial charge in [0.1, 0.15) is 11.5 Å². The molecule has 0 unspecified atom stereocenters. The number of nitrogens with one attached hydrogen (secondary N) is 2. The predicted molar refractivity (Wildman–Crippen MR) is 83.3 cm³/mol. The van der Waals surface area contributed by atoms with Crippen LogP contribution in [-0.4, -0.2) is 20.7 Å². The highest BCUT2D eigenvalue weighted by molar-refractivity contribution is 6.06. The van der Waals surface area contributed by atoms with Gasteiger partial charge >= 0.3 is 0 Å². The summed E-state index contributed by atoms with van der Waals surface area (Å²) in [7, 11) is 0. The van der Waals surface area contributed by atoms with Crippen molar-refractivity contribution in [3.63, 3.8) is 0 Å². The molecule has 6 nitrogen and oxygen atoms in total. The van der Waals surface area contributed by atoms with Gasteiger partial charge in [0.2, 0.25) is 0 Å². The molecule has 1 aromatic carbocycles. The molecule has 0 saturated carbocycles. The highest BCUT2D eigenvalue weighted by atomic mass is 16.2. The van der Waals surface area contributed by atoms with Gasteiger partial charge < -0.3 is 16.0 Å². The molecule has 3 rings (SSSR count). The number of rotatable bonds is 3. The molecular formula is C15H17N5O. The van der Waals surface area contributed by atoms with Crippen molar-refractivity contribution in [3.05, 3.63) is 42.2 Å². The van der Waals surface area contributed by atoms with Crippen molar-refractivity contribution in [1.82, 2.24) is 14.8 Å². The van der Waals surface area contributed by atoms with Crippen LogP contribution in [0, 0.1) is 0 Å². The molecule has 0 aliphatic carbocycles. The van der Waals surface area contributed by atoms with Crippen molar-refractivity contribution < 1.29 is 4.79 Å². The number of hydrogen-bond acceptors (Lipinski definition) is 3. The highest BCUT2D eigenvalue weighted by Gasteiger charge is 2.14. The molecule has 0 aliphatic rings. The summed E-state index contributed by atoms with van der Waals surface area (Å²) < 4.78 is 1.76. The first kappa shape index (κ1) is 13.2. The molecule has 2 heterocycles. The fourth-order valence-corrected chi connectivity index (χ4v) is 2.31. The molecule has 0 spiro atoms. The van der Waals surface area contributed by atoms with Crippen molar-refractivity contribution >= 4 is 28.3 Å². The minimum Gasteiger partial charge on any atom is -0.397 e. The maximum Gasteiger partial charge on any atom is 0.273 e. The Balaban J connectivity index is 1.90. The average Bonchev–Trinajstić information content (AvgIpc) is 3.05. The summed E-state index contributed by atoms with van der Waals surface area (Å²) in [6.07, 6.45) is 1.67. The largest absolute Gasteiger partial charge is 0.397 e. The zero-order valence-electron chi connectivity index (χ0n) is 11.9. The number of H-pyrrole nitrogens is 1. The van der Waals surface area contributed by atoms with E-state index >= 15 is 0 Å². The first-order valence-electron chi connectivity index (χ1n) is 6.78. The van der Waals surface area contributed by atoms with Gasteiger partial charge in [-0.3, -0.25) is 4.79 Å². The average molecular weight is 283 g/mol. The van der Waals surface area contributed by atoms with Gasteiger partial charge in [0, 0.05) is 17.5 Å². The fourth-order valence-electron chi connectivity index (χ4n) is 2.31. The summed E-state index contributed by atoms with van der Waals surface area (Å²) >= 11 is 0. The zero-order chi connectivity index (χ0) is 15.0. The van der Waals surface area contributed by atoms with E-state index in [-0.39, 0.29) is 11.9 Å². The van der Waals surface area contributed by atoms with Crippen LogP contribution in [0.2, 0.25) is 0 Å². The standard InChI is InChI=1S/C15H17N5O/c1-9(2)20-13(6-7-17-20)19-15(21)12-8-10-4-3-5-11(16)14(10)18-12/h3-9,18H,16H2,1-2H3,(H,19,21). The SMILES string of the molecule is CC(C)n1nccc1NC(=O)c1cc2cccc(N)c2[nH]1. The number of anilines is 2. The van der Waals surface area contributed by atoms with E-state index in [1.165, 1.54) is 0 Å². The Hall–Kier alpha value is -2.76. The van der Waals surface area contributed by atoms with E-state index in [4.69, 9.17) is 5.73 Å². The number of nitrogens with two attached hydrogens (primary N) is 1. The number of aromatic amines is 1. The minimum absolute atomic E-state index is 0.175. The van der Waals surface area contributed by atoms with Crippen LogP contribution in [0.5, 0.6) is 0 Å². The molecule has 0 radical (unpaired) electrons. The van der Waals surface area contributed by atoms with Crippen LogP contribution in [0.4, 0.5) is 11.5 Å². The van der Waals surface area contributed by atoms with E-state index in [1.807, 2.05) is 26.0 Å². The molecule has 2 aromatic heterocycles. The summed E-state index contributed by atoms with van der Waals surface area (Å²) in [6.45, 7) is 4.01. The van der Waals surface area contributed by atoms with Crippen LogP contribution < -0.4 is 11.1 Å². The van der Waals surface area contributed by atoms with E-state index in [1.54, 1.807) is 29.1 Å². The lowest BCUT2D eigenvalue weighted by atomic mass is 10.2. The molecule has 6 heteroatoms. The zero-order valence-corrected chi connectivity index (χ0v) is 11.9. The van der Waals surface area contributed by atoms with E-state index in [0.717, 1.165) is 10.9 Å². The number of amides is 1. The molecule has 3 aromatic rings. The van der Waals surface area contributed by atoms with Crippen LogP contribution in [0.3, 0.4) is 0 Å². The Labute approximate surface area is 121 Å². The minimum atomic E-state index is -0.215. The van der Waals surface area contributed by atoms with Gasteiger partial charge in [0.15, 0.2) is 0 Å². The van der Waals surface area contributed by atoms with Crippen molar-refractivity contribution in [1.29, 1.82) is 0 Å². The van der Waals surface area contributed by atoms with Crippen molar-refractivity contribution in [2.45, 2.75) is 19.9 Å². The van der Waals surface area contributed by atoms with Gasteiger partial charge in [-0.2, -0.15) is 5.10 Å². The Morgan fingerprint density at radius 3 is 2.90 bits per heavy atom. The highest BCUT2D eigenvalue weighted by Crippen LogP contribution is 2.22. The van der Waals surface area contributed by atoms with Crippen LogP contribution >= 0.6 is 0 Å². The van der Waals surface area contributed by atoms with E-state index in [9.17, 15) is 4.79 Å². The summed E-state index contributed by atoms with van der Waals surface area (Å²) in [5, 5.41) is 7.96. The second-order valence-corrected chi connectivity index (χ2v) is 5.20. The van der Waals surface area contributed by atoms with Crippen LogP contribution in [0.1, 0.15) is 30.4 Å². The third-order valence-corrected chi connectivity index (χ3v) is 3.33. The van der Waals surface area contributed by atoms with Crippen molar-refractivity contribution in [2.24, 2.45) is 0 Å². The van der Waals surface area contributed by atoms with Gasteiger partial charge in [-0.25, -0.2) is 4.68 Å². The maximum atomic E-state index is 12.3. The maximum absolute atomic E-state index is 12.3. The lowest BCUT2D eigenvalue weighted by Gasteiger charge is -2.11.